The van der Waals surface area contributed by atoms with Crippen LogP contribution in [0.15, 0.2) is 22.6 Å². The molecule has 0 unspecified atom stereocenters. The molecule has 0 saturated carbocycles. The summed E-state index contributed by atoms with van der Waals surface area (Å²) in [6, 6.07) is 6.19. The predicted octanol–water partition coefficient (Wildman–Crippen LogP) is 2.27. The Hall–Kier alpha value is -1.75. The summed E-state index contributed by atoms with van der Waals surface area (Å²) in [6.07, 6.45) is 2.22. The van der Waals surface area contributed by atoms with Crippen molar-refractivity contribution >= 4 is 22.8 Å². The number of anilines is 2. The number of nitrogen functional groups attached to an aromatic ring is 1. The highest BCUT2D eigenvalue weighted by atomic mass is 16.5. The van der Waals surface area contributed by atoms with Gasteiger partial charge in [-0.25, -0.2) is 0 Å². The average Bonchev–Trinajstić information content (AvgIpc) is 2.83. The minimum atomic E-state index is 0.652. The maximum atomic E-state index is 5.75. The van der Waals surface area contributed by atoms with Gasteiger partial charge in [-0.2, -0.15) is 4.98 Å². The van der Waals surface area contributed by atoms with E-state index in [1.165, 1.54) is 0 Å². The SMILES string of the molecule is CN(CC1CCOCC1)c1nc2cc(N)ccc2o1. The van der Waals surface area contributed by atoms with Gasteiger partial charge in [0, 0.05) is 32.5 Å². The van der Waals surface area contributed by atoms with Crippen LogP contribution in [0.2, 0.25) is 0 Å². The fourth-order valence-corrected chi connectivity index (χ4v) is 2.49. The molecule has 3 rings (SSSR count). The summed E-state index contributed by atoms with van der Waals surface area (Å²) in [5.41, 5.74) is 8.05. The Morgan fingerprint density at radius 1 is 1.37 bits per heavy atom. The molecular weight excluding hydrogens is 242 g/mol. The molecule has 1 fully saturated rings. The van der Waals surface area contributed by atoms with Crippen molar-refractivity contribution in [3.8, 4) is 0 Å². The van der Waals surface area contributed by atoms with Gasteiger partial charge in [0.2, 0.25) is 0 Å². The Kier molecular flexibility index (Phi) is 3.29. The topological polar surface area (TPSA) is 64.5 Å². The second kappa shape index (κ2) is 5.09. The van der Waals surface area contributed by atoms with Crippen molar-refractivity contribution in [2.75, 3.05) is 37.4 Å². The van der Waals surface area contributed by atoms with Crippen LogP contribution in [0.5, 0.6) is 0 Å². The first kappa shape index (κ1) is 12.3. The first-order valence-corrected chi connectivity index (χ1v) is 6.67. The lowest BCUT2D eigenvalue weighted by Crippen LogP contribution is -2.29. The summed E-state index contributed by atoms with van der Waals surface area (Å²) in [5, 5.41) is 0. The largest absolute Gasteiger partial charge is 0.423 e. The molecule has 2 aromatic rings. The van der Waals surface area contributed by atoms with Crippen molar-refractivity contribution in [1.82, 2.24) is 4.98 Å². The van der Waals surface area contributed by atoms with Crippen LogP contribution >= 0.6 is 0 Å². The van der Waals surface area contributed by atoms with Gasteiger partial charge in [-0.1, -0.05) is 0 Å². The molecule has 1 saturated heterocycles. The fraction of sp³-hybridized carbons (Fsp3) is 0.500. The molecule has 102 valence electrons. The number of fused-ring (bicyclic) bond motifs is 1. The number of hydrogen-bond donors (Lipinski definition) is 1. The number of nitrogens with two attached hydrogens (primary N) is 1. The van der Waals surface area contributed by atoms with Crippen LogP contribution in [-0.4, -0.2) is 31.8 Å². The molecule has 0 atom stereocenters. The number of hydrogen-bond acceptors (Lipinski definition) is 5. The Morgan fingerprint density at radius 2 is 2.16 bits per heavy atom. The van der Waals surface area contributed by atoms with Crippen molar-refractivity contribution in [2.45, 2.75) is 12.8 Å². The first-order valence-electron chi connectivity index (χ1n) is 6.67. The van der Waals surface area contributed by atoms with Gasteiger partial charge in [-0.05, 0) is 37.0 Å². The molecular formula is C14H19N3O2. The number of benzene rings is 1. The van der Waals surface area contributed by atoms with E-state index in [9.17, 15) is 0 Å². The van der Waals surface area contributed by atoms with Gasteiger partial charge in [0.05, 0.1) is 0 Å². The normalized spacial score (nSPS) is 16.9. The smallest absolute Gasteiger partial charge is 0.298 e. The van der Waals surface area contributed by atoms with Gasteiger partial charge in [-0.15, -0.1) is 0 Å². The Morgan fingerprint density at radius 3 is 2.95 bits per heavy atom. The highest BCUT2D eigenvalue weighted by Gasteiger charge is 2.18. The van der Waals surface area contributed by atoms with Crippen LogP contribution in [0.4, 0.5) is 11.7 Å². The average molecular weight is 261 g/mol. The van der Waals surface area contributed by atoms with Crippen LogP contribution in [-0.2, 0) is 4.74 Å². The summed E-state index contributed by atoms with van der Waals surface area (Å²) in [6.45, 7) is 2.68. The summed E-state index contributed by atoms with van der Waals surface area (Å²) in [5.74, 6) is 0.652. The minimum Gasteiger partial charge on any atom is -0.423 e. The van der Waals surface area contributed by atoms with E-state index < -0.39 is 0 Å². The molecule has 0 radical (unpaired) electrons. The maximum absolute atomic E-state index is 5.75. The quantitative estimate of drug-likeness (QED) is 0.859. The molecule has 2 heterocycles. The zero-order valence-electron chi connectivity index (χ0n) is 11.1. The molecule has 5 heteroatoms. The van der Waals surface area contributed by atoms with E-state index in [4.69, 9.17) is 14.9 Å². The van der Waals surface area contributed by atoms with Crippen LogP contribution in [0.3, 0.4) is 0 Å². The Labute approximate surface area is 112 Å². The van der Waals surface area contributed by atoms with Crippen LogP contribution in [0.1, 0.15) is 12.8 Å². The van der Waals surface area contributed by atoms with Gasteiger partial charge in [-0.3, -0.25) is 0 Å². The molecule has 1 aromatic carbocycles. The molecule has 1 aliphatic heterocycles. The van der Waals surface area contributed by atoms with Gasteiger partial charge < -0.3 is 19.8 Å². The predicted molar refractivity (Wildman–Crippen MR) is 75.2 cm³/mol. The number of ether oxygens (including phenoxy) is 1. The molecule has 5 nitrogen and oxygen atoms in total. The Balaban J connectivity index is 1.75. The molecule has 0 bridgehead atoms. The summed E-state index contributed by atoms with van der Waals surface area (Å²) in [4.78, 5) is 6.56. The van der Waals surface area contributed by atoms with E-state index in [2.05, 4.69) is 9.88 Å². The molecule has 1 aliphatic rings. The third kappa shape index (κ3) is 2.66. The van der Waals surface area contributed by atoms with E-state index in [0.717, 1.165) is 43.7 Å². The highest BCUT2D eigenvalue weighted by molar-refractivity contribution is 5.78. The third-order valence-electron chi connectivity index (χ3n) is 3.60. The minimum absolute atomic E-state index is 0.652. The third-order valence-corrected chi connectivity index (χ3v) is 3.60. The highest BCUT2D eigenvalue weighted by Crippen LogP contribution is 2.24. The maximum Gasteiger partial charge on any atom is 0.298 e. The summed E-state index contributed by atoms with van der Waals surface area (Å²) in [7, 11) is 2.02. The van der Waals surface area contributed by atoms with Crippen molar-refractivity contribution in [2.24, 2.45) is 5.92 Å². The second-order valence-corrected chi connectivity index (χ2v) is 5.16. The Bertz CT molecular complexity index is 561. The molecule has 0 amide bonds. The van der Waals surface area contributed by atoms with Crippen LogP contribution in [0, 0.1) is 5.92 Å². The monoisotopic (exact) mass is 261 g/mol. The van der Waals surface area contributed by atoms with E-state index in [1.54, 1.807) is 0 Å². The molecule has 0 spiro atoms. The number of rotatable bonds is 3. The van der Waals surface area contributed by atoms with Gasteiger partial charge >= 0.3 is 0 Å². The van der Waals surface area contributed by atoms with Gasteiger partial charge in [0.1, 0.15) is 5.52 Å². The number of oxazole rings is 1. The van der Waals surface area contributed by atoms with Gasteiger partial charge in [0.25, 0.3) is 6.01 Å². The standard InChI is InChI=1S/C14H19N3O2/c1-17(9-10-4-6-18-7-5-10)14-16-12-8-11(15)2-3-13(12)19-14/h2-3,8,10H,4-7,9,15H2,1H3. The van der Waals surface area contributed by atoms with E-state index in [-0.39, 0.29) is 0 Å². The zero-order valence-corrected chi connectivity index (χ0v) is 11.1. The second-order valence-electron chi connectivity index (χ2n) is 5.16. The lowest BCUT2D eigenvalue weighted by molar-refractivity contribution is 0.0683. The van der Waals surface area contributed by atoms with E-state index in [0.29, 0.717) is 17.6 Å². The van der Waals surface area contributed by atoms with Gasteiger partial charge in [0.15, 0.2) is 5.58 Å². The lowest BCUT2D eigenvalue weighted by atomic mass is 10.0. The van der Waals surface area contributed by atoms with E-state index >= 15 is 0 Å². The number of nitrogens with zero attached hydrogens (tertiary/aromatic N) is 2. The first-order chi connectivity index (χ1) is 9.22. The molecule has 2 N–H and O–H groups in total. The van der Waals surface area contributed by atoms with Crippen molar-refractivity contribution in [3.05, 3.63) is 18.2 Å². The van der Waals surface area contributed by atoms with Crippen LogP contribution in [0.25, 0.3) is 11.1 Å². The van der Waals surface area contributed by atoms with Crippen molar-refractivity contribution < 1.29 is 9.15 Å². The molecule has 0 aliphatic carbocycles. The van der Waals surface area contributed by atoms with E-state index in [1.807, 2.05) is 25.2 Å². The lowest BCUT2D eigenvalue weighted by Gasteiger charge is -2.26. The zero-order chi connectivity index (χ0) is 13.2. The van der Waals surface area contributed by atoms with Crippen LogP contribution < -0.4 is 10.6 Å². The number of aromatic nitrogens is 1. The fourth-order valence-electron chi connectivity index (χ4n) is 2.49. The van der Waals surface area contributed by atoms with Crippen molar-refractivity contribution in [1.29, 1.82) is 0 Å². The molecule has 19 heavy (non-hydrogen) atoms. The summed E-state index contributed by atoms with van der Waals surface area (Å²) >= 11 is 0. The summed E-state index contributed by atoms with van der Waals surface area (Å²) < 4.78 is 11.1. The van der Waals surface area contributed by atoms with Crippen molar-refractivity contribution in [3.63, 3.8) is 0 Å². The molecule has 1 aromatic heterocycles.